The van der Waals surface area contributed by atoms with Gasteiger partial charge < -0.3 is 10.4 Å². The maximum atomic E-state index is 12.3. The lowest BCUT2D eigenvalue weighted by Crippen LogP contribution is -2.43. The average molecular weight is 377 g/mol. The number of nitrogens with one attached hydrogen (secondary N) is 1. The first-order valence-electron chi connectivity index (χ1n) is 8.65. The fraction of sp³-hybridized carbons (Fsp3) is 0.444. The predicted molar refractivity (Wildman–Crippen MR) is 96.2 cm³/mol. The fourth-order valence-electron chi connectivity index (χ4n) is 3.54. The van der Waals surface area contributed by atoms with Gasteiger partial charge in [0.25, 0.3) is 0 Å². The Balaban J connectivity index is 1.66. The first kappa shape index (κ1) is 18.4. The van der Waals surface area contributed by atoms with Crippen LogP contribution in [0.1, 0.15) is 48.2 Å². The van der Waals surface area contributed by atoms with Gasteiger partial charge >= 0.3 is 5.97 Å². The van der Waals surface area contributed by atoms with Crippen LogP contribution in [-0.2, 0) is 16.8 Å². The zero-order chi connectivity index (χ0) is 18.6. The van der Waals surface area contributed by atoms with Gasteiger partial charge in [0.1, 0.15) is 6.54 Å². The molecular formula is C18H21ClN4O3. The summed E-state index contributed by atoms with van der Waals surface area (Å²) in [6.07, 6.45) is 6.74. The lowest BCUT2D eigenvalue weighted by molar-refractivity contribution is -0.122. The third kappa shape index (κ3) is 4.22. The smallest absolute Gasteiger partial charge is 0.358 e. The fourth-order valence-corrected chi connectivity index (χ4v) is 3.67. The van der Waals surface area contributed by atoms with Crippen LogP contribution in [0.3, 0.4) is 0 Å². The first-order valence-corrected chi connectivity index (χ1v) is 9.02. The van der Waals surface area contributed by atoms with E-state index in [1.54, 1.807) is 0 Å². The Bertz CT molecular complexity index is 782. The maximum absolute atomic E-state index is 12.3. The van der Waals surface area contributed by atoms with Gasteiger partial charge in [0, 0.05) is 17.0 Å². The van der Waals surface area contributed by atoms with Gasteiger partial charge in [0.2, 0.25) is 5.91 Å². The van der Waals surface area contributed by atoms with Gasteiger partial charge in [-0.3, -0.25) is 4.79 Å². The molecule has 26 heavy (non-hydrogen) atoms. The van der Waals surface area contributed by atoms with Crippen LogP contribution >= 0.6 is 11.6 Å². The molecule has 0 unspecified atom stereocenters. The number of hydrogen-bond acceptors (Lipinski definition) is 4. The molecule has 0 bridgehead atoms. The molecule has 1 aliphatic rings. The summed E-state index contributed by atoms with van der Waals surface area (Å²) in [6.45, 7) is 0.477. The van der Waals surface area contributed by atoms with Crippen LogP contribution in [0.2, 0.25) is 5.02 Å². The summed E-state index contributed by atoms with van der Waals surface area (Å²) in [7, 11) is 0. The summed E-state index contributed by atoms with van der Waals surface area (Å²) >= 11 is 6.01. The van der Waals surface area contributed by atoms with Crippen LogP contribution in [0.4, 0.5) is 0 Å². The number of carboxylic acids is 1. The van der Waals surface area contributed by atoms with E-state index in [0.29, 0.717) is 11.6 Å². The molecule has 0 atom stereocenters. The molecule has 1 heterocycles. The Morgan fingerprint density at radius 3 is 2.50 bits per heavy atom. The third-order valence-electron chi connectivity index (χ3n) is 4.95. The van der Waals surface area contributed by atoms with Crippen molar-refractivity contribution >= 4 is 23.5 Å². The number of aromatic carboxylic acids is 1. The average Bonchev–Trinajstić information content (AvgIpc) is 3.10. The second-order valence-electron chi connectivity index (χ2n) is 6.73. The molecule has 0 saturated heterocycles. The van der Waals surface area contributed by atoms with Crippen molar-refractivity contribution in [3.05, 3.63) is 46.7 Å². The molecular weight excluding hydrogens is 356 g/mol. The van der Waals surface area contributed by atoms with Gasteiger partial charge in [-0.1, -0.05) is 48.2 Å². The van der Waals surface area contributed by atoms with E-state index in [-0.39, 0.29) is 23.6 Å². The zero-order valence-corrected chi connectivity index (χ0v) is 15.1. The van der Waals surface area contributed by atoms with Crippen molar-refractivity contribution in [1.82, 2.24) is 20.3 Å². The minimum absolute atomic E-state index is 0.0586. The van der Waals surface area contributed by atoms with E-state index in [1.165, 1.54) is 22.9 Å². The van der Waals surface area contributed by atoms with Gasteiger partial charge in [-0.2, -0.15) is 0 Å². The molecule has 3 rings (SSSR count). The number of carboxylic acid groups (broad SMARTS) is 1. The van der Waals surface area contributed by atoms with Gasteiger partial charge in [-0.05, 0) is 30.5 Å². The first-order chi connectivity index (χ1) is 12.5. The molecule has 0 radical (unpaired) electrons. The Hall–Kier alpha value is -2.41. The second kappa shape index (κ2) is 7.86. The molecule has 1 aromatic carbocycles. The number of carbonyl (C=O) groups excluding carboxylic acids is 1. The molecule has 1 aliphatic carbocycles. The topological polar surface area (TPSA) is 97.1 Å². The van der Waals surface area contributed by atoms with Gasteiger partial charge in [-0.25, -0.2) is 9.48 Å². The number of amides is 1. The van der Waals surface area contributed by atoms with Crippen molar-refractivity contribution in [2.45, 2.75) is 44.1 Å². The monoisotopic (exact) mass is 376 g/mol. The third-order valence-corrected chi connectivity index (χ3v) is 5.21. The Morgan fingerprint density at radius 2 is 1.88 bits per heavy atom. The highest BCUT2D eigenvalue weighted by atomic mass is 35.5. The quantitative estimate of drug-likeness (QED) is 0.807. The minimum atomic E-state index is -1.17. The number of rotatable bonds is 6. The highest BCUT2D eigenvalue weighted by molar-refractivity contribution is 6.30. The van der Waals surface area contributed by atoms with Crippen LogP contribution in [0, 0.1) is 0 Å². The minimum Gasteiger partial charge on any atom is -0.476 e. The number of aromatic nitrogens is 3. The summed E-state index contributed by atoms with van der Waals surface area (Å²) in [5.74, 6) is -1.38. The van der Waals surface area contributed by atoms with E-state index >= 15 is 0 Å². The lowest BCUT2D eigenvalue weighted by atomic mass is 9.69. The summed E-state index contributed by atoms with van der Waals surface area (Å²) in [5.41, 5.74) is 0.922. The molecule has 2 N–H and O–H groups in total. The molecule has 8 heteroatoms. The maximum Gasteiger partial charge on any atom is 0.358 e. The van der Waals surface area contributed by atoms with Crippen LogP contribution in [0.15, 0.2) is 30.5 Å². The van der Waals surface area contributed by atoms with Gasteiger partial charge in [-0.15, -0.1) is 5.10 Å². The van der Waals surface area contributed by atoms with Crippen LogP contribution in [-0.4, -0.2) is 38.5 Å². The summed E-state index contributed by atoms with van der Waals surface area (Å²) in [6, 6.07) is 7.85. The molecule has 1 aromatic heterocycles. The number of nitrogens with zero attached hydrogens (tertiary/aromatic N) is 3. The zero-order valence-electron chi connectivity index (χ0n) is 14.3. The Morgan fingerprint density at radius 1 is 1.19 bits per heavy atom. The summed E-state index contributed by atoms with van der Waals surface area (Å²) < 4.78 is 1.23. The van der Waals surface area contributed by atoms with Crippen molar-refractivity contribution in [3.8, 4) is 0 Å². The SMILES string of the molecule is O=C(Cn1cc(C(=O)O)nn1)NCC1(c2ccc(Cl)cc2)CCCCC1. The molecule has 0 spiro atoms. The van der Waals surface area contributed by atoms with E-state index in [9.17, 15) is 9.59 Å². The summed E-state index contributed by atoms with van der Waals surface area (Å²) in [5, 5.41) is 19.7. The molecule has 7 nitrogen and oxygen atoms in total. The van der Waals surface area contributed by atoms with E-state index in [4.69, 9.17) is 16.7 Å². The largest absolute Gasteiger partial charge is 0.476 e. The molecule has 2 aromatic rings. The number of hydrogen-bond donors (Lipinski definition) is 2. The Kier molecular flexibility index (Phi) is 5.56. The molecule has 1 amide bonds. The van der Waals surface area contributed by atoms with Crippen LogP contribution < -0.4 is 5.32 Å². The number of carbonyl (C=O) groups is 2. The van der Waals surface area contributed by atoms with Crippen molar-refractivity contribution in [1.29, 1.82) is 0 Å². The van der Waals surface area contributed by atoms with Crippen molar-refractivity contribution in [3.63, 3.8) is 0 Å². The molecule has 0 aliphatic heterocycles. The molecule has 1 fully saturated rings. The number of halogens is 1. The normalized spacial score (nSPS) is 16.2. The lowest BCUT2D eigenvalue weighted by Gasteiger charge is -2.38. The highest BCUT2D eigenvalue weighted by Crippen LogP contribution is 2.39. The van der Waals surface area contributed by atoms with Crippen LogP contribution in [0.25, 0.3) is 0 Å². The standard InChI is InChI=1S/C18H21ClN4O3/c19-14-6-4-13(5-7-14)18(8-2-1-3-9-18)12-20-16(24)11-23-10-15(17(25)26)21-22-23/h4-7,10H,1-3,8-9,11-12H2,(H,20,24)(H,25,26). The Labute approximate surface area is 156 Å². The number of benzene rings is 1. The van der Waals surface area contributed by atoms with E-state index in [0.717, 1.165) is 25.7 Å². The van der Waals surface area contributed by atoms with Gasteiger partial charge in [0.05, 0.1) is 6.20 Å². The second-order valence-corrected chi connectivity index (χ2v) is 7.17. The van der Waals surface area contributed by atoms with Gasteiger partial charge in [0.15, 0.2) is 5.69 Å². The van der Waals surface area contributed by atoms with E-state index < -0.39 is 5.97 Å². The van der Waals surface area contributed by atoms with Crippen molar-refractivity contribution in [2.75, 3.05) is 6.54 Å². The molecule has 138 valence electrons. The highest BCUT2D eigenvalue weighted by Gasteiger charge is 2.34. The predicted octanol–water partition coefficient (Wildman–Crippen LogP) is 2.65. The van der Waals surface area contributed by atoms with Crippen molar-refractivity contribution < 1.29 is 14.7 Å². The van der Waals surface area contributed by atoms with E-state index in [1.807, 2.05) is 24.3 Å². The summed E-state index contributed by atoms with van der Waals surface area (Å²) in [4.78, 5) is 23.1. The van der Waals surface area contributed by atoms with Crippen LogP contribution in [0.5, 0.6) is 0 Å². The molecule has 1 saturated carbocycles. The van der Waals surface area contributed by atoms with E-state index in [2.05, 4.69) is 15.6 Å². The van der Waals surface area contributed by atoms with Crippen molar-refractivity contribution in [2.24, 2.45) is 0 Å².